The molecule has 18 heavy (non-hydrogen) atoms. The van der Waals surface area contributed by atoms with Crippen LogP contribution in [0.2, 0.25) is 0 Å². The highest BCUT2D eigenvalue weighted by atomic mass is 16.4. The van der Waals surface area contributed by atoms with Crippen LogP contribution in [0.25, 0.3) is 0 Å². The summed E-state index contributed by atoms with van der Waals surface area (Å²) >= 11 is 0. The Morgan fingerprint density at radius 3 is 2.83 bits per heavy atom. The highest BCUT2D eigenvalue weighted by Gasteiger charge is 2.14. The Balaban J connectivity index is 2.27. The monoisotopic (exact) mass is 246 g/mol. The molecule has 0 aliphatic heterocycles. The first kappa shape index (κ1) is 12.6. The lowest BCUT2D eigenvalue weighted by atomic mass is 10.2. The van der Waals surface area contributed by atoms with Gasteiger partial charge in [-0.05, 0) is 38.6 Å². The van der Waals surface area contributed by atoms with Gasteiger partial charge in [0.05, 0.1) is 6.54 Å². The molecule has 1 aromatic carbocycles. The molecule has 2 rings (SSSR count). The number of benzene rings is 1. The largest absolute Gasteiger partial charge is 0.406 e. The fourth-order valence-corrected chi connectivity index (χ4v) is 1.80. The predicted octanol–water partition coefficient (Wildman–Crippen LogP) is 2.26. The van der Waals surface area contributed by atoms with Crippen LogP contribution >= 0.6 is 0 Å². The molecule has 0 saturated carbocycles. The van der Waals surface area contributed by atoms with Gasteiger partial charge in [-0.2, -0.15) is 0 Å². The van der Waals surface area contributed by atoms with Crippen LogP contribution in [0.1, 0.15) is 18.4 Å². The van der Waals surface area contributed by atoms with Gasteiger partial charge in [-0.1, -0.05) is 17.2 Å². The number of hydrogen-bond donors (Lipinski definition) is 1. The van der Waals surface area contributed by atoms with E-state index < -0.39 is 0 Å². The van der Waals surface area contributed by atoms with E-state index in [-0.39, 0.29) is 0 Å². The van der Waals surface area contributed by atoms with E-state index in [1.807, 2.05) is 24.1 Å². The molecule has 0 bridgehead atoms. The number of aryl methyl sites for hydroxylation is 1. The molecule has 0 fully saturated rings. The van der Waals surface area contributed by atoms with Crippen molar-refractivity contribution in [3.8, 4) is 0 Å². The summed E-state index contributed by atoms with van der Waals surface area (Å²) in [5, 5.41) is 11.1. The molecule has 96 valence electrons. The maximum atomic E-state index is 5.61. The molecule has 0 spiro atoms. The average Bonchev–Trinajstić information content (AvgIpc) is 2.79. The van der Waals surface area contributed by atoms with Crippen LogP contribution < -0.4 is 10.2 Å². The van der Waals surface area contributed by atoms with Crippen LogP contribution in [-0.4, -0.2) is 23.8 Å². The summed E-state index contributed by atoms with van der Waals surface area (Å²) in [6.07, 6.45) is 0. The minimum Gasteiger partial charge on any atom is -0.406 e. The number of nitrogens with one attached hydrogen (secondary N) is 1. The van der Waals surface area contributed by atoms with Crippen LogP contribution in [0.3, 0.4) is 0 Å². The summed E-state index contributed by atoms with van der Waals surface area (Å²) in [6, 6.07) is 8.77. The van der Waals surface area contributed by atoms with Gasteiger partial charge in [-0.25, -0.2) is 0 Å². The van der Waals surface area contributed by atoms with Crippen molar-refractivity contribution < 1.29 is 4.42 Å². The first-order valence-corrected chi connectivity index (χ1v) is 6.05. The second-order valence-electron chi connectivity index (χ2n) is 4.09. The van der Waals surface area contributed by atoms with E-state index in [0.29, 0.717) is 18.5 Å². The van der Waals surface area contributed by atoms with Crippen molar-refractivity contribution in [3.05, 3.63) is 35.7 Å². The van der Waals surface area contributed by atoms with Crippen LogP contribution in [0.5, 0.6) is 0 Å². The van der Waals surface area contributed by atoms with Crippen molar-refractivity contribution in [1.82, 2.24) is 15.5 Å². The molecule has 0 aliphatic rings. The molecule has 1 heterocycles. The zero-order valence-electron chi connectivity index (χ0n) is 11.0. The second-order valence-corrected chi connectivity index (χ2v) is 4.09. The Morgan fingerprint density at radius 2 is 2.17 bits per heavy atom. The maximum Gasteiger partial charge on any atom is 0.322 e. The molecule has 5 nitrogen and oxygen atoms in total. The van der Waals surface area contributed by atoms with Crippen molar-refractivity contribution in [1.29, 1.82) is 0 Å². The quantitative estimate of drug-likeness (QED) is 0.877. The lowest BCUT2D eigenvalue weighted by molar-refractivity contribution is 0.481. The van der Waals surface area contributed by atoms with Gasteiger partial charge in [0.1, 0.15) is 0 Å². The van der Waals surface area contributed by atoms with Crippen molar-refractivity contribution in [3.63, 3.8) is 0 Å². The van der Waals surface area contributed by atoms with E-state index in [9.17, 15) is 0 Å². The first-order chi connectivity index (χ1) is 8.74. The van der Waals surface area contributed by atoms with Crippen molar-refractivity contribution in [2.45, 2.75) is 20.4 Å². The van der Waals surface area contributed by atoms with Gasteiger partial charge < -0.3 is 9.73 Å². The molecular weight excluding hydrogens is 228 g/mol. The van der Waals surface area contributed by atoms with Gasteiger partial charge in [0.25, 0.3) is 0 Å². The van der Waals surface area contributed by atoms with Crippen molar-refractivity contribution in [2.75, 3.05) is 18.5 Å². The third kappa shape index (κ3) is 2.68. The number of hydrogen-bond acceptors (Lipinski definition) is 5. The molecule has 0 amide bonds. The molecule has 0 unspecified atom stereocenters. The van der Waals surface area contributed by atoms with Crippen LogP contribution in [0.4, 0.5) is 11.7 Å². The first-order valence-electron chi connectivity index (χ1n) is 6.05. The zero-order chi connectivity index (χ0) is 13.0. The van der Waals surface area contributed by atoms with Crippen LogP contribution in [0, 0.1) is 6.92 Å². The Bertz CT molecular complexity index is 509. The van der Waals surface area contributed by atoms with E-state index in [2.05, 4.69) is 41.5 Å². The van der Waals surface area contributed by atoms with Gasteiger partial charge in [0.2, 0.25) is 5.89 Å². The maximum absolute atomic E-state index is 5.61. The summed E-state index contributed by atoms with van der Waals surface area (Å²) in [7, 11) is 1.85. The topological polar surface area (TPSA) is 54.2 Å². The van der Waals surface area contributed by atoms with Crippen LogP contribution in [-0.2, 0) is 6.54 Å². The van der Waals surface area contributed by atoms with E-state index in [1.165, 1.54) is 5.56 Å². The van der Waals surface area contributed by atoms with Gasteiger partial charge in [-0.15, -0.1) is 5.10 Å². The molecule has 0 saturated heterocycles. The molecule has 0 radical (unpaired) electrons. The highest BCUT2D eigenvalue weighted by molar-refractivity contribution is 5.56. The summed E-state index contributed by atoms with van der Waals surface area (Å²) in [5.74, 6) is 0.596. The predicted molar refractivity (Wildman–Crippen MR) is 70.9 cm³/mol. The van der Waals surface area contributed by atoms with Crippen molar-refractivity contribution in [2.24, 2.45) is 0 Å². The van der Waals surface area contributed by atoms with Crippen LogP contribution in [0.15, 0.2) is 28.7 Å². The Labute approximate surface area is 107 Å². The molecular formula is C13H18N4O. The minimum atomic E-state index is 0.536. The summed E-state index contributed by atoms with van der Waals surface area (Å²) in [4.78, 5) is 2.00. The lowest BCUT2D eigenvalue weighted by Gasteiger charge is -2.18. The normalized spacial score (nSPS) is 10.6. The molecule has 0 atom stereocenters. The average molecular weight is 246 g/mol. The number of aromatic nitrogens is 2. The van der Waals surface area contributed by atoms with Gasteiger partial charge in [0.15, 0.2) is 0 Å². The van der Waals surface area contributed by atoms with E-state index in [4.69, 9.17) is 4.42 Å². The smallest absolute Gasteiger partial charge is 0.322 e. The van der Waals surface area contributed by atoms with Gasteiger partial charge in [0, 0.05) is 12.2 Å². The SMILES string of the molecule is CCN(c1cccc(C)c1)c1nnc(CNC)o1. The molecule has 5 heteroatoms. The number of anilines is 2. The van der Waals surface area contributed by atoms with Gasteiger partial charge in [-0.3, -0.25) is 4.90 Å². The molecule has 2 aromatic rings. The third-order valence-corrected chi connectivity index (χ3v) is 2.64. The Hall–Kier alpha value is -1.88. The highest BCUT2D eigenvalue weighted by Crippen LogP contribution is 2.24. The Kier molecular flexibility index (Phi) is 3.94. The van der Waals surface area contributed by atoms with Crippen molar-refractivity contribution >= 4 is 11.7 Å². The Morgan fingerprint density at radius 1 is 1.33 bits per heavy atom. The zero-order valence-corrected chi connectivity index (χ0v) is 11.0. The molecule has 1 aromatic heterocycles. The minimum absolute atomic E-state index is 0.536. The fraction of sp³-hybridized carbons (Fsp3) is 0.385. The van der Waals surface area contributed by atoms with Gasteiger partial charge >= 0.3 is 6.01 Å². The number of rotatable bonds is 5. The standard InChI is InChI=1S/C13H18N4O/c1-4-17(11-7-5-6-10(2)8-11)13-16-15-12(18-13)9-14-3/h5-8,14H,4,9H2,1-3H3. The summed E-state index contributed by atoms with van der Waals surface area (Å²) < 4.78 is 5.61. The third-order valence-electron chi connectivity index (χ3n) is 2.64. The van der Waals surface area contributed by atoms with E-state index in [0.717, 1.165) is 12.2 Å². The lowest BCUT2D eigenvalue weighted by Crippen LogP contribution is -2.16. The summed E-state index contributed by atoms with van der Waals surface area (Å²) in [6.45, 7) is 5.49. The summed E-state index contributed by atoms with van der Waals surface area (Å²) in [5.41, 5.74) is 2.28. The molecule has 1 N–H and O–H groups in total. The second kappa shape index (κ2) is 5.64. The fourth-order valence-electron chi connectivity index (χ4n) is 1.80. The number of nitrogens with zero attached hydrogens (tertiary/aromatic N) is 3. The van der Waals surface area contributed by atoms with E-state index >= 15 is 0 Å². The van der Waals surface area contributed by atoms with E-state index in [1.54, 1.807) is 0 Å². The molecule has 0 aliphatic carbocycles.